The number of hydrogen-bond acceptors (Lipinski definition) is 2. The average molecular weight is 180 g/mol. The summed E-state index contributed by atoms with van der Waals surface area (Å²) in [5.41, 5.74) is 7.72. The lowest BCUT2D eigenvalue weighted by molar-refractivity contribution is 0.627. The van der Waals surface area contributed by atoms with Crippen molar-refractivity contribution in [2.24, 2.45) is 5.73 Å². The summed E-state index contributed by atoms with van der Waals surface area (Å²) in [7, 11) is 0. The minimum Gasteiger partial charge on any atom is -0.370 e. The Hall–Kier alpha value is -1.09. The number of rotatable bonds is 2. The van der Waals surface area contributed by atoms with Crippen molar-refractivity contribution in [3.05, 3.63) is 29.6 Å². The molecule has 0 bridgehead atoms. The molecule has 2 N–H and O–H groups in total. The van der Waals surface area contributed by atoms with Crippen molar-refractivity contribution in [3.8, 4) is 0 Å². The van der Waals surface area contributed by atoms with Crippen molar-refractivity contribution < 1.29 is 4.39 Å². The maximum Gasteiger partial charge on any atom is 0.125 e. The molecule has 1 aliphatic rings. The topological polar surface area (TPSA) is 29.3 Å². The summed E-state index contributed by atoms with van der Waals surface area (Å²) in [6, 6.07) is 4.98. The van der Waals surface area contributed by atoms with E-state index in [1.807, 2.05) is 6.07 Å². The molecule has 1 aromatic carbocycles. The Balaban J connectivity index is 2.29. The number of halogens is 1. The highest BCUT2D eigenvalue weighted by atomic mass is 19.1. The molecule has 0 fully saturated rings. The molecule has 2 nitrogen and oxygen atoms in total. The summed E-state index contributed by atoms with van der Waals surface area (Å²) in [4.78, 5) is 2.14. The van der Waals surface area contributed by atoms with Gasteiger partial charge in [0.05, 0.1) is 0 Å². The third-order valence-corrected chi connectivity index (χ3v) is 2.44. The predicted octanol–water partition coefficient (Wildman–Crippen LogP) is 1.15. The Kier molecular flexibility index (Phi) is 2.19. The average Bonchev–Trinajstić information content (AvgIpc) is 2.49. The number of anilines is 1. The van der Waals surface area contributed by atoms with Crippen LogP contribution in [0.3, 0.4) is 0 Å². The zero-order chi connectivity index (χ0) is 9.26. The van der Waals surface area contributed by atoms with Gasteiger partial charge in [-0.25, -0.2) is 4.39 Å². The zero-order valence-electron chi connectivity index (χ0n) is 7.46. The molecule has 0 aliphatic carbocycles. The second kappa shape index (κ2) is 3.34. The lowest BCUT2D eigenvalue weighted by atomic mass is 10.2. The zero-order valence-corrected chi connectivity index (χ0v) is 7.46. The molecule has 0 unspecified atom stereocenters. The van der Waals surface area contributed by atoms with Crippen LogP contribution in [0.15, 0.2) is 18.2 Å². The van der Waals surface area contributed by atoms with Crippen LogP contribution < -0.4 is 10.6 Å². The van der Waals surface area contributed by atoms with Gasteiger partial charge >= 0.3 is 0 Å². The van der Waals surface area contributed by atoms with Gasteiger partial charge in [-0.05, 0) is 24.1 Å². The van der Waals surface area contributed by atoms with Crippen LogP contribution in [0.2, 0.25) is 0 Å². The highest BCUT2D eigenvalue weighted by Gasteiger charge is 2.18. The van der Waals surface area contributed by atoms with Crippen LogP contribution >= 0.6 is 0 Å². The summed E-state index contributed by atoms with van der Waals surface area (Å²) >= 11 is 0. The minimum atomic E-state index is -0.164. The number of fused-ring (bicyclic) bond motifs is 1. The lowest BCUT2D eigenvalue weighted by Crippen LogP contribution is -2.27. The maximum absolute atomic E-state index is 12.9. The first-order valence-corrected chi connectivity index (χ1v) is 4.54. The molecule has 0 radical (unpaired) electrons. The highest BCUT2D eigenvalue weighted by molar-refractivity contribution is 5.58. The number of benzene rings is 1. The molecular formula is C10H13FN2. The molecule has 2 rings (SSSR count). The Labute approximate surface area is 77.2 Å². The lowest BCUT2D eigenvalue weighted by Gasteiger charge is -2.17. The van der Waals surface area contributed by atoms with Gasteiger partial charge in [0.25, 0.3) is 0 Å². The van der Waals surface area contributed by atoms with Crippen LogP contribution in [0.4, 0.5) is 10.1 Å². The fourth-order valence-corrected chi connectivity index (χ4v) is 1.81. The molecule has 0 aromatic heterocycles. The Morgan fingerprint density at radius 1 is 1.46 bits per heavy atom. The summed E-state index contributed by atoms with van der Waals surface area (Å²) in [6.07, 6.45) is 1.01. The van der Waals surface area contributed by atoms with Crippen molar-refractivity contribution >= 4 is 5.69 Å². The van der Waals surface area contributed by atoms with E-state index < -0.39 is 0 Å². The number of nitrogens with two attached hydrogens (primary N) is 1. The summed E-state index contributed by atoms with van der Waals surface area (Å²) < 4.78 is 12.9. The van der Waals surface area contributed by atoms with Gasteiger partial charge in [0.2, 0.25) is 0 Å². The first-order chi connectivity index (χ1) is 6.31. The van der Waals surface area contributed by atoms with Crippen LogP contribution in [0, 0.1) is 5.82 Å². The summed E-state index contributed by atoms with van der Waals surface area (Å²) in [6.45, 7) is 2.41. The Morgan fingerprint density at radius 2 is 2.31 bits per heavy atom. The standard InChI is InChI=1S/C10H13FN2/c11-9-2-1-8-3-5-13(6-4-12)10(8)7-9/h1-2,7H,3-6,12H2. The highest BCUT2D eigenvalue weighted by Crippen LogP contribution is 2.27. The van der Waals surface area contributed by atoms with E-state index in [2.05, 4.69) is 4.90 Å². The van der Waals surface area contributed by atoms with Crippen LogP contribution in [0.25, 0.3) is 0 Å². The van der Waals surface area contributed by atoms with Gasteiger partial charge in [-0.1, -0.05) is 6.07 Å². The van der Waals surface area contributed by atoms with Crippen molar-refractivity contribution in [1.82, 2.24) is 0 Å². The molecule has 13 heavy (non-hydrogen) atoms. The summed E-state index contributed by atoms with van der Waals surface area (Å²) in [5.74, 6) is -0.164. The molecular weight excluding hydrogens is 167 g/mol. The van der Waals surface area contributed by atoms with Gasteiger partial charge in [0, 0.05) is 25.3 Å². The van der Waals surface area contributed by atoms with Crippen molar-refractivity contribution in [2.45, 2.75) is 6.42 Å². The largest absolute Gasteiger partial charge is 0.370 e. The van der Waals surface area contributed by atoms with E-state index in [4.69, 9.17) is 5.73 Å². The van der Waals surface area contributed by atoms with Gasteiger partial charge in [-0.3, -0.25) is 0 Å². The molecule has 3 heteroatoms. The van der Waals surface area contributed by atoms with Crippen LogP contribution in [-0.2, 0) is 6.42 Å². The van der Waals surface area contributed by atoms with Gasteiger partial charge < -0.3 is 10.6 Å². The molecule has 1 aliphatic heterocycles. The van der Waals surface area contributed by atoms with Crippen LogP contribution in [-0.4, -0.2) is 19.6 Å². The monoisotopic (exact) mass is 180 g/mol. The number of hydrogen-bond donors (Lipinski definition) is 1. The third-order valence-electron chi connectivity index (χ3n) is 2.44. The molecule has 1 heterocycles. The fourth-order valence-electron chi connectivity index (χ4n) is 1.81. The van der Waals surface area contributed by atoms with E-state index in [0.717, 1.165) is 25.2 Å². The minimum absolute atomic E-state index is 0.164. The van der Waals surface area contributed by atoms with Crippen LogP contribution in [0.5, 0.6) is 0 Å². The van der Waals surface area contributed by atoms with Gasteiger partial charge in [0.15, 0.2) is 0 Å². The quantitative estimate of drug-likeness (QED) is 0.739. The van der Waals surface area contributed by atoms with Crippen molar-refractivity contribution in [2.75, 3.05) is 24.5 Å². The second-order valence-electron chi connectivity index (χ2n) is 3.30. The third kappa shape index (κ3) is 1.52. The van der Waals surface area contributed by atoms with Crippen molar-refractivity contribution in [3.63, 3.8) is 0 Å². The first-order valence-electron chi connectivity index (χ1n) is 4.54. The summed E-state index contributed by atoms with van der Waals surface area (Å²) in [5, 5.41) is 0. The Bertz CT molecular complexity index is 310. The molecule has 0 saturated heterocycles. The maximum atomic E-state index is 12.9. The van der Waals surface area contributed by atoms with E-state index in [1.165, 1.54) is 11.6 Å². The van der Waals surface area contributed by atoms with Gasteiger partial charge in [-0.2, -0.15) is 0 Å². The number of nitrogens with zero attached hydrogens (tertiary/aromatic N) is 1. The first kappa shape index (κ1) is 8.51. The molecule has 0 spiro atoms. The van der Waals surface area contributed by atoms with E-state index in [-0.39, 0.29) is 5.82 Å². The fraction of sp³-hybridized carbons (Fsp3) is 0.400. The second-order valence-corrected chi connectivity index (χ2v) is 3.30. The molecule has 0 atom stereocenters. The molecule has 0 amide bonds. The van der Waals surface area contributed by atoms with Crippen molar-refractivity contribution in [1.29, 1.82) is 0 Å². The predicted molar refractivity (Wildman–Crippen MR) is 51.4 cm³/mol. The van der Waals surface area contributed by atoms with E-state index in [9.17, 15) is 4.39 Å². The van der Waals surface area contributed by atoms with Gasteiger partial charge in [-0.15, -0.1) is 0 Å². The SMILES string of the molecule is NCCN1CCc2ccc(F)cc21. The Morgan fingerprint density at radius 3 is 3.08 bits per heavy atom. The van der Waals surface area contributed by atoms with E-state index in [0.29, 0.717) is 6.54 Å². The molecule has 70 valence electrons. The van der Waals surface area contributed by atoms with Gasteiger partial charge in [0.1, 0.15) is 5.82 Å². The molecule has 1 aromatic rings. The van der Waals surface area contributed by atoms with E-state index >= 15 is 0 Å². The van der Waals surface area contributed by atoms with Crippen LogP contribution in [0.1, 0.15) is 5.56 Å². The molecule has 0 saturated carbocycles. The van der Waals surface area contributed by atoms with E-state index in [1.54, 1.807) is 6.07 Å². The smallest absolute Gasteiger partial charge is 0.125 e. The normalized spacial score (nSPS) is 14.8.